The van der Waals surface area contributed by atoms with Crippen LogP contribution in [0.25, 0.3) is 0 Å². The molecule has 0 radical (unpaired) electrons. The average molecular weight is 221 g/mol. The van der Waals surface area contributed by atoms with Crippen molar-refractivity contribution in [2.45, 2.75) is 71.3 Å². The van der Waals surface area contributed by atoms with E-state index in [-0.39, 0.29) is 0 Å². The summed E-state index contributed by atoms with van der Waals surface area (Å²) in [5.74, 6) is 7.78. The average Bonchev–Trinajstić information content (AvgIpc) is 2.34. The Morgan fingerprint density at radius 1 is 1.25 bits per heavy atom. The first-order valence-electron chi connectivity index (χ1n) is 6.93. The highest BCUT2D eigenvalue weighted by atomic mass is 14.6. The molecule has 1 fully saturated rings. The van der Waals surface area contributed by atoms with Crippen molar-refractivity contribution in [3.8, 4) is 11.8 Å². The largest absolute Gasteiger partial charge is 0.327 e. The number of hydrogen-bond donors (Lipinski definition) is 1. The quantitative estimate of drug-likeness (QED) is 0.703. The second kappa shape index (κ2) is 7.74. The first kappa shape index (κ1) is 13.6. The normalized spacial score (nSPS) is 26.9. The molecule has 0 aromatic rings. The van der Waals surface area contributed by atoms with Gasteiger partial charge in [0.2, 0.25) is 0 Å². The first-order valence-corrected chi connectivity index (χ1v) is 6.93. The van der Waals surface area contributed by atoms with Crippen molar-refractivity contribution in [1.29, 1.82) is 0 Å². The fraction of sp³-hybridized carbons (Fsp3) is 0.867. The van der Waals surface area contributed by atoms with E-state index in [1.54, 1.807) is 0 Å². The van der Waals surface area contributed by atoms with Gasteiger partial charge >= 0.3 is 0 Å². The Balaban J connectivity index is 2.22. The number of unbranched alkanes of at least 4 members (excludes halogenated alkanes) is 1. The molecule has 0 amide bonds. The van der Waals surface area contributed by atoms with Gasteiger partial charge in [0.05, 0.1) is 0 Å². The Bertz CT molecular complexity index is 228. The third-order valence-corrected chi connectivity index (χ3v) is 3.98. The third kappa shape index (κ3) is 4.58. The SMILES string of the molecule is CC#CCC(N)C1CCC(CCCC)CC1. The minimum absolute atomic E-state index is 0.319. The van der Waals surface area contributed by atoms with Gasteiger partial charge in [0, 0.05) is 12.5 Å². The molecule has 92 valence electrons. The van der Waals surface area contributed by atoms with Crippen LogP contribution in [0.1, 0.15) is 65.2 Å². The van der Waals surface area contributed by atoms with Gasteiger partial charge in [-0.3, -0.25) is 0 Å². The Labute approximate surface area is 101 Å². The zero-order valence-electron chi connectivity index (χ0n) is 11.0. The van der Waals surface area contributed by atoms with Crippen molar-refractivity contribution in [1.82, 2.24) is 0 Å². The van der Waals surface area contributed by atoms with Crippen molar-refractivity contribution in [3.05, 3.63) is 0 Å². The minimum Gasteiger partial charge on any atom is -0.327 e. The number of nitrogens with two attached hydrogens (primary N) is 1. The predicted octanol–water partition coefficient (Wildman–Crippen LogP) is 3.72. The Morgan fingerprint density at radius 2 is 1.94 bits per heavy atom. The lowest BCUT2D eigenvalue weighted by Crippen LogP contribution is -2.32. The van der Waals surface area contributed by atoms with E-state index >= 15 is 0 Å². The highest BCUT2D eigenvalue weighted by Crippen LogP contribution is 2.33. The molecule has 1 unspecified atom stereocenters. The summed E-state index contributed by atoms with van der Waals surface area (Å²) in [5.41, 5.74) is 6.18. The van der Waals surface area contributed by atoms with E-state index in [4.69, 9.17) is 5.73 Å². The second-order valence-electron chi connectivity index (χ2n) is 5.22. The van der Waals surface area contributed by atoms with Gasteiger partial charge in [0.1, 0.15) is 0 Å². The van der Waals surface area contributed by atoms with Crippen LogP contribution in [-0.4, -0.2) is 6.04 Å². The number of hydrogen-bond acceptors (Lipinski definition) is 1. The number of rotatable bonds is 5. The summed E-state index contributed by atoms with van der Waals surface area (Å²) in [6.07, 6.45) is 10.5. The molecule has 0 aromatic carbocycles. The van der Waals surface area contributed by atoms with E-state index in [2.05, 4.69) is 18.8 Å². The summed E-state index contributed by atoms with van der Waals surface area (Å²) < 4.78 is 0. The van der Waals surface area contributed by atoms with Crippen molar-refractivity contribution in [2.24, 2.45) is 17.6 Å². The molecule has 1 aliphatic carbocycles. The first-order chi connectivity index (χ1) is 7.77. The van der Waals surface area contributed by atoms with E-state index in [0.29, 0.717) is 6.04 Å². The summed E-state index contributed by atoms with van der Waals surface area (Å²) in [7, 11) is 0. The van der Waals surface area contributed by atoms with Crippen molar-refractivity contribution in [3.63, 3.8) is 0 Å². The fourth-order valence-electron chi connectivity index (χ4n) is 2.78. The van der Waals surface area contributed by atoms with Crippen LogP contribution >= 0.6 is 0 Å². The van der Waals surface area contributed by atoms with Gasteiger partial charge in [-0.15, -0.1) is 11.8 Å². The van der Waals surface area contributed by atoms with Crippen molar-refractivity contribution in [2.75, 3.05) is 0 Å². The summed E-state index contributed by atoms with van der Waals surface area (Å²) in [4.78, 5) is 0. The molecule has 1 atom stereocenters. The van der Waals surface area contributed by atoms with E-state index in [9.17, 15) is 0 Å². The molecule has 0 aromatic heterocycles. The Hall–Kier alpha value is -0.480. The van der Waals surface area contributed by atoms with Crippen molar-refractivity contribution >= 4 is 0 Å². The van der Waals surface area contributed by atoms with Crippen LogP contribution in [0.4, 0.5) is 0 Å². The van der Waals surface area contributed by atoms with Crippen LogP contribution in [0.15, 0.2) is 0 Å². The summed E-state index contributed by atoms with van der Waals surface area (Å²) in [6.45, 7) is 4.18. The van der Waals surface area contributed by atoms with E-state index in [1.807, 2.05) is 6.92 Å². The maximum Gasteiger partial charge on any atom is 0.0243 e. The molecule has 2 N–H and O–H groups in total. The third-order valence-electron chi connectivity index (χ3n) is 3.98. The molecule has 1 aliphatic rings. The van der Waals surface area contributed by atoms with Crippen LogP contribution in [-0.2, 0) is 0 Å². The van der Waals surface area contributed by atoms with Crippen LogP contribution in [0.2, 0.25) is 0 Å². The van der Waals surface area contributed by atoms with E-state index < -0.39 is 0 Å². The molecule has 1 saturated carbocycles. The lowest BCUT2D eigenvalue weighted by molar-refractivity contribution is 0.233. The van der Waals surface area contributed by atoms with Gasteiger partial charge in [-0.1, -0.05) is 39.0 Å². The molecule has 16 heavy (non-hydrogen) atoms. The monoisotopic (exact) mass is 221 g/mol. The van der Waals surface area contributed by atoms with Gasteiger partial charge in [-0.25, -0.2) is 0 Å². The highest BCUT2D eigenvalue weighted by molar-refractivity contribution is 4.99. The Morgan fingerprint density at radius 3 is 2.50 bits per heavy atom. The van der Waals surface area contributed by atoms with Gasteiger partial charge in [-0.05, 0) is 31.6 Å². The molecule has 1 heteroatoms. The van der Waals surface area contributed by atoms with Crippen LogP contribution in [0.3, 0.4) is 0 Å². The van der Waals surface area contributed by atoms with Gasteiger partial charge < -0.3 is 5.73 Å². The van der Waals surface area contributed by atoms with Gasteiger partial charge in [0.15, 0.2) is 0 Å². The molecule has 1 rings (SSSR count). The maximum absolute atomic E-state index is 6.18. The van der Waals surface area contributed by atoms with Crippen LogP contribution < -0.4 is 5.73 Å². The molecular weight excluding hydrogens is 194 g/mol. The highest BCUT2D eigenvalue weighted by Gasteiger charge is 2.24. The minimum atomic E-state index is 0.319. The standard InChI is InChI=1S/C15H27N/c1-3-5-7-13-9-11-14(12-10-13)15(16)8-6-4-2/h13-15H,3,5,7-12,16H2,1-2H3. The van der Waals surface area contributed by atoms with E-state index in [1.165, 1.54) is 44.9 Å². The maximum atomic E-state index is 6.18. The molecule has 1 nitrogen and oxygen atoms in total. The predicted molar refractivity (Wildman–Crippen MR) is 71.0 cm³/mol. The van der Waals surface area contributed by atoms with Gasteiger partial charge in [-0.2, -0.15) is 0 Å². The zero-order valence-corrected chi connectivity index (χ0v) is 11.0. The fourth-order valence-corrected chi connectivity index (χ4v) is 2.78. The van der Waals surface area contributed by atoms with Crippen molar-refractivity contribution < 1.29 is 0 Å². The van der Waals surface area contributed by atoms with Crippen LogP contribution in [0, 0.1) is 23.7 Å². The molecule has 0 saturated heterocycles. The van der Waals surface area contributed by atoms with Crippen LogP contribution in [0.5, 0.6) is 0 Å². The summed E-state index contributed by atoms with van der Waals surface area (Å²) in [5, 5.41) is 0. The molecular formula is C15H27N. The smallest absolute Gasteiger partial charge is 0.0243 e. The summed E-state index contributed by atoms with van der Waals surface area (Å²) in [6, 6.07) is 0.319. The Kier molecular flexibility index (Phi) is 6.57. The summed E-state index contributed by atoms with van der Waals surface area (Å²) >= 11 is 0. The zero-order chi connectivity index (χ0) is 11.8. The second-order valence-corrected chi connectivity index (χ2v) is 5.22. The molecule has 0 bridgehead atoms. The molecule has 0 aliphatic heterocycles. The lowest BCUT2D eigenvalue weighted by atomic mass is 9.76. The van der Waals surface area contributed by atoms with Gasteiger partial charge in [0.25, 0.3) is 0 Å². The topological polar surface area (TPSA) is 26.0 Å². The lowest BCUT2D eigenvalue weighted by Gasteiger charge is -2.31. The van der Waals surface area contributed by atoms with E-state index in [0.717, 1.165) is 18.3 Å². The molecule has 0 heterocycles. The molecule has 0 spiro atoms.